The van der Waals surface area contributed by atoms with Gasteiger partial charge in [-0.15, -0.1) is 0 Å². The van der Waals surface area contributed by atoms with Gasteiger partial charge in [-0.05, 0) is 17.7 Å². The molecule has 0 bridgehead atoms. The minimum Gasteiger partial charge on any atom is -0.453 e. The van der Waals surface area contributed by atoms with E-state index in [1.807, 2.05) is 0 Å². The summed E-state index contributed by atoms with van der Waals surface area (Å²) in [6.07, 6.45) is -0.555. The predicted molar refractivity (Wildman–Crippen MR) is 58.4 cm³/mol. The standard InChI is InChI=1S/C9H12NO6P/c1-15-9(11)10-6-7-2-4-8(5-3-7)16-17(12,13)14/h2-5H,6H2,1H3,(H,10,11)(H2,12,13,14). The van der Waals surface area contributed by atoms with Crippen LogP contribution in [0.3, 0.4) is 0 Å². The summed E-state index contributed by atoms with van der Waals surface area (Å²) in [6, 6.07) is 5.93. The molecule has 1 aromatic carbocycles. The van der Waals surface area contributed by atoms with Crippen molar-refractivity contribution in [2.75, 3.05) is 7.11 Å². The van der Waals surface area contributed by atoms with Crippen molar-refractivity contribution in [1.29, 1.82) is 0 Å². The summed E-state index contributed by atoms with van der Waals surface area (Å²) in [7, 11) is -3.27. The minimum absolute atomic E-state index is 0.0557. The summed E-state index contributed by atoms with van der Waals surface area (Å²) in [4.78, 5) is 27.9. The van der Waals surface area contributed by atoms with Crippen molar-refractivity contribution in [3.63, 3.8) is 0 Å². The van der Waals surface area contributed by atoms with Crippen molar-refractivity contribution in [3.8, 4) is 5.75 Å². The number of phosphoric ester groups is 1. The molecule has 0 saturated heterocycles. The van der Waals surface area contributed by atoms with Gasteiger partial charge in [0.25, 0.3) is 0 Å². The van der Waals surface area contributed by atoms with E-state index in [0.717, 1.165) is 5.56 Å². The molecule has 17 heavy (non-hydrogen) atoms. The first-order valence-corrected chi connectivity index (χ1v) is 6.09. The van der Waals surface area contributed by atoms with Crippen LogP contribution in [0, 0.1) is 0 Å². The Balaban J connectivity index is 2.56. The number of rotatable bonds is 4. The van der Waals surface area contributed by atoms with Gasteiger partial charge >= 0.3 is 13.9 Å². The SMILES string of the molecule is COC(=O)NCc1ccc(OP(=O)(O)O)cc1. The number of ether oxygens (including phenoxy) is 1. The maximum atomic E-state index is 10.8. The molecule has 1 aromatic rings. The number of benzene rings is 1. The van der Waals surface area contributed by atoms with E-state index in [-0.39, 0.29) is 12.3 Å². The van der Waals surface area contributed by atoms with Gasteiger partial charge in [0.05, 0.1) is 7.11 Å². The van der Waals surface area contributed by atoms with Crippen LogP contribution in [0.4, 0.5) is 4.79 Å². The van der Waals surface area contributed by atoms with Gasteiger partial charge < -0.3 is 14.6 Å². The normalized spacial score (nSPS) is 10.8. The maximum absolute atomic E-state index is 10.8. The maximum Gasteiger partial charge on any atom is 0.524 e. The highest BCUT2D eigenvalue weighted by molar-refractivity contribution is 7.46. The lowest BCUT2D eigenvalue weighted by Gasteiger charge is -2.07. The molecule has 0 radical (unpaired) electrons. The molecule has 7 nitrogen and oxygen atoms in total. The lowest BCUT2D eigenvalue weighted by molar-refractivity contribution is 0.170. The number of amides is 1. The van der Waals surface area contributed by atoms with Gasteiger partial charge in [0.2, 0.25) is 0 Å². The quantitative estimate of drug-likeness (QED) is 0.699. The first kappa shape index (κ1) is 13.5. The van der Waals surface area contributed by atoms with Crippen LogP contribution in [-0.2, 0) is 15.8 Å². The molecule has 0 spiro atoms. The van der Waals surface area contributed by atoms with Crippen LogP contribution < -0.4 is 9.84 Å². The zero-order chi connectivity index (χ0) is 12.9. The first-order valence-electron chi connectivity index (χ1n) is 4.56. The number of hydrogen-bond acceptors (Lipinski definition) is 4. The van der Waals surface area contributed by atoms with E-state index >= 15 is 0 Å². The first-order chi connectivity index (χ1) is 7.90. The number of nitrogens with one attached hydrogen (secondary N) is 1. The van der Waals surface area contributed by atoms with E-state index in [1.54, 1.807) is 12.1 Å². The molecule has 8 heteroatoms. The summed E-state index contributed by atoms with van der Waals surface area (Å²) in [5, 5.41) is 2.46. The average Bonchev–Trinajstić information content (AvgIpc) is 2.25. The molecule has 94 valence electrons. The van der Waals surface area contributed by atoms with E-state index in [2.05, 4.69) is 14.6 Å². The van der Waals surface area contributed by atoms with Crippen molar-refractivity contribution < 1.29 is 28.4 Å². The van der Waals surface area contributed by atoms with Gasteiger partial charge in [-0.3, -0.25) is 9.79 Å². The highest BCUT2D eigenvalue weighted by Gasteiger charge is 2.15. The second kappa shape index (κ2) is 5.67. The molecule has 0 unspecified atom stereocenters. The summed E-state index contributed by atoms with van der Waals surface area (Å²) < 4.78 is 19.3. The summed E-state index contributed by atoms with van der Waals surface area (Å²) in [5.41, 5.74) is 0.744. The Hall–Kier alpha value is -1.56. The molecule has 0 fully saturated rings. The monoisotopic (exact) mass is 261 g/mol. The Kier molecular flexibility index (Phi) is 4.51. The zero-order valence-electron chi connectivity index (χ0n) is 8.99. The van der Waals surface area contributed by atoms with Gasteiger partial charge in [0.1, 0.15) is 5.75 Å². The van der Waals surface area contributed by atoms with E-state index in [4.69, 9.17) is 9.79 Å². The molecular formula is C9H12NO6P. The lowest BCUT2D eigenvalue weighted by atomic mass is 10.2. The Morgan fingerprint density at radius 1 is 1.35 bits per heavy atom. The number of carbonyl (C=O) groups is 1. The number of methoxy groups -OCH3 is 1. The van der Waals surface area contributed by atoms with E-state index in [1.165, 1.54) is 19.2 Å². The van der Waals surface area contributed by atoms with Gasteiger partial charge in [-0.1, -0.05) is 12.1 Å². The smallest absolute Gasteiger partial charge is 0.453 e. The van der Waals surface area contributed by atoms with Crippen LogP contribution in [0.1, 0.15) is 5.56 Å². The topological polar surface area (TPSA) is 105 Å². The number of hydrogen-bond donors (Lipinski definition) is 3. The highest BCUT2D eigenvalue weighted by Crippen LogP contribution is 2.37. The second-order valence-electron chi connectivity index (χ2n) is 3.07. The average molecular weight is 261 g/mol. The fourth-order valence-electron chi connectivity index (χ4n) is 1.05. The van der Waals surface area contributed by atoms with Crippen LogP contribution in [0.5, 0.6) is 5.75 Å². The molecule has 0 heterocycles. The van der Waals surface area contributed by atoms with Gasteiger partial charge in [-0.25, -0.2) is 9.36 Å². The van der Waals surface area contributed by atoms with Crippen molar-refractivity contribution in [2.45, 2.75) is 6.54 Å². The molecule has 0 aromatic heterocycles. The molecule has 1 amide bonds. The van der Waals surface area contributed by atoms with Crippen LogP contribution in [-0.4, -0.2) is 23.0 Å². The summed E-state index contributed by atoms with van der Waals surface area (Å²) in [6.45, 7) is 0.253. The zero-order valence-corrected chi connectivity index (χ0v) is 9.89. The molecule has 0 atom stereocenters. The van der Waals surface area contributed by atoms with Gasteiger partial charge in [0.15, 0.2) is 0 Å². The van der Waals surface area contributed by atoms with E-state index in [0.29, 0.717) is 0 Å². The third-order valence-corrected chi connectivity index (χ3v) is 2.22. The number of phosphoric acid groups is 1. The predicted octanol–water partition coefficient (Wildman–Crippen LogP) is 1.01. The van der Waals surface area contributed by atoms with Crippen LogP contribution >= 0.6 is 7.82 Å². The molecule has 0 aliphatic carbocycles. The molecular weight excluding hydrogens is 249 g/mol. The lowest BCUT2D eigenvalue weighted by Crippen LogP contribution is -2.22. The van der Waals surface area contributed by atoms with Gasteiger partial charge in [-0.2, -0.15) is 0 Å². The number of carbonyl (C=O) groups excluding carboxylic acids is 1. The molecule has 1 rings (SSSR count). The summed E-state index contributed by atoms with van der Waals surface area (Å²) in [5.74, 6) is 0.0557. The number of alkyl carbamates (subject to hydrolysis) is 1. The Morgan fingerprint density at radius 2 is 1.94 bits per heavy atom. The largest absolute Gasteiger partial charge is 0.524 e. The van der Waals surface area contributed by atoms with Crippen molar-refractivity contribution in [3.05, 3.63) is 29.8 Å². The third-order valence-electron chi connectivity index (χ3n) is 1.77. The Labute approximate surface area is 97.6 Å². The minimum atomic E-state index is -4.53. The van der Waals surface area contributed by atoms with Crippen LogP contribution in [0.25, 0.3) is 0 Å². The van der Waals surface area contributed by atoms with Crippen LogP contribution in [0.2, 0.25) is 0 Å². The highest BCUT2D eigenvalue weighted by atomic mass is 31.2. The van der Waals surface area contributed by atoms with Crippen molar-refractivity contribution in [2.24, 2.45) is 0 Å². The van der Waals surface area contributed by atoms with Crippen LogP contribution in [0.15, 0.2) is 24.3 Å². The Bertz CT molecular complexity index is 426. The molecule has 0 saturated carbocycles. The molecule has 0 aliphatic rings. The Morgan fingerprint density at radius 3 is 2.41 bits per heavy atom. The van der Waals surface area contributed by atoms with E-state index < -0.39 is 13.9 Å². The molecule has 3 N–H and O–H groups in total. The van der Waals surface area contributed by atoms with E-state index in [9.17, 15) is 9.36 Å². The molecule has 0 aliphatic heterocycles. The van der Waals surface area contributed by atoms with Crippen molar-refractivity contribution in [1.82, 2.24) is 5.32 Å². The fourth-order valence-corrected chi connectivity index (χ4v) is 1.45. The second-order valence-corrected chi connectivity index (χ2v) is 4.23. The third kappa shape index (κ3) is 5.35. The van der Waals surface area contributed by atoms with Gasteiger partial charge in [0, 0.05) is 6.54 Å². The fraction of sp³-hybridized carbons (Fsp3) is 0.222. The van der Waals surface area contributed by atoms with Crippen molar-refractivity contribution >= 4 is 13.9 Å². The summed E-state index contributed by atoms with van der Waals surface area (Å²) >= 11 is 0.